The molecule has 0 fully saturated rings. The lowest BCUT2D eigenvalue weighted by Crippen LogP contribution is -2.32. The topological polar surface area (TPSA) is 33.2 Å². The van der Waals surface area contributed by atoms with Crippen molar-refractivity contribution in [3.8, 4) is 10.6 Å². The molecule has 0 unspecified atom stereocenters. The molecule has 0 spiro atoms. The number of hydrogen-bond donors (Lipinski definition) is 0. The monoisotopic (exact) mass is 312 g/mol. The normalized spacial score (nSPS) is 10.2. The molecule has 0 aliphatic heterocycles. The number of benzene rings is 1. The summed E-state index contributed by atoms with van der Waals surface area (Å²) < 4.78 is 0. The van der Waals surface area contributed by atoms with Crippen LogP contribution in [0.1, 0.15) is 11.3 Å². The largest absolute Gasteiger partial charge is 0.335 e. The molecule has 22 heavy (non-hydrogen) atoms. The van der Waals surface area contributed by atoms with Crippen LogP contribution >= 0.6 is 11.3 Å². The Hall–Kier alpha value is -2.20. The molecule has 0 saturated heterocycles. The van der Waals surface area contributed by atoms with E-state index in [9.17, 15) is 4.79 Å². The number of rotatable bonds is 7. The Morgan fingerprint density at radius 3 is 2.68 bits per heavy atom. The number of hydrogen-bond acceptors (Lipinski definition) is 3. The lowest BCUT2D eigenvalue weighted by molar-refractivity contribution is -0.129. The molecule has 0 radical (unpaired) electrons. The quantitative estimate of drug-likeness (QED) is 0.727. The van der Waals surface area contributed by atoms with Crippen molar-refractivity contribution in [2.45, 2.75) is 13.3 Å². The van der Waals surface area contributed by atoms with Gasteiger partial charge in [-0.05, 0) is 13.0 Å². The summed E-state index contributed by atoms with van der Waals surface area (Å²) >= 11 is 1.57. The van der Waals surface area contributed by atoms with Gasteiger partial charge in [0.15, 0.2) is 0 Å². The molecule has 0 saturated carbocycles. The predicted molar refractivity (Wildman–Crippen MR) is 93.0 cm³/mol. The summed E-state index contributed by atoms with van der Waals surface area (Å²) in [5.74, 6) is 0.0425. The summed E-state index contributed by atoms with van der Waals surface area (Å²) in [7, 11) is 0. The molecule has 0 aliphatic rings. The van der Waals surface area contributed by atoms with Gasteiger partial charge in [-0.15, -0.1) is 24.5 Å². The zero-order valence-corrected chi connectivity index (χ0v) is 13.6. The molecular formula is C18H20N2OS. The summed E-state index contributed by atoms with van der Waals surface area (Å²) in [5, 5.41) is 2.90. The van der Waals surface area contributed by atoms with Gasteiger partial charge in [0, 0.05) is 24.0 Å². The van der Waals surface area contributed by atoms with E-state index in [1.54, 1.807) is 28.4 Å². The molecule has 1 aromatic carbocycles. The van der Waals surface area contributed by atoms with E-state index in [1.807, 2.05) is 17.5 Å². The van der Waals surface area contributed by atoms with Gasteiger partial charge >= 0.3 is 0 Å². The highest BCUT2D eigenvalue weighted by atomic mass is 32.1. The first-order chi connectivity index (χ1) is 10.6. The molecule has 1 heterocycles. The van der Waals surface area contributed by atoms with E-state index in [1.165, 1.54) is 5.56 Å². The van der Waals surface area contributed by atoms with E-state index in [4.69, 9.17) is 0 Å². The molecule has 0 N–H and O–H groups in total. The first-order valence-corrected chi connectivity index (χ1v) is 8.03. The van der Waals surface area contributed by atoms with Crippen molar-refractivity contribution < 1.29 is 4.79 Å². The highest BCUT2D eigenvalue weighted by molar-refractivity contribution is 7.13. The summed E-state index contributed by atoms with van der Waals surface area (Å²) in [4.78, 5) is 18.6. The fourth-order valence-corrected chi connectivity index (χ4v) is 2.97. The van der Waals surface area contributed by atoms with Crippen LogP contribution in [0.4, 0.5) is 0 Å². The Bertz CT molecular complexity index is 665. The van der Waals surface area contributed by atoms with E-state index in [-0.39, 0.29) is 5.91 Å². The van der Waals surface area contributed by atoms with Crippen LogP contribution in [0.5, 0.6) is 0 Å². The molecular weight excluding hydrogens is 292 g/mol. The average Bonchev–Trinajstić information content (AvgIpc) is 2.95. The van der Waals surface area contributed by atoms with Gasteiger partial charge in [-0.3, -0.25) is 4.79 Å². The molecule has 0 atom stereocenters. The predicted octanol–water partition coefficient (Wildman–Crippen LogP) is 3.86. The van der Waals surface area contributed by atoms with Crippen LogP contribution in [-0.4, -0.2) is 28.9 Å². The lowest BCUT2D eigenvalue weighted by Gasteiger charge is -2.18. The van der Waals surface area contributed by atoms with Gasteiger partial charge in [-0.2, -0.15) is 0 Å². The number of carbonyl (C=O) groups excluding carboxylic acids is 1. The molecule has 4 heteroatoms. The van der Waals surface area contributed by atoms with Crippen molar-refractivity contribution in [1.29, 1.82) is 0 Å². The first kappa shape index (κ1) is 16.2. The third-order valence-electron chi connectivity index (χ3n) is 3.20. The zero-order valence-electron chi connectivity index (χ0n) is 12.8. The van der Waals surface area contributed by atoms with Crippen LogP contribution in [0, 0.1) is 6.92 Å². The second kappa shape index (κ2) is 7.71. The Kier molecular flexibility index (Phi) is 5.67. The minimum atomic E-state index is 0.0425. The zero-order chi connectivity index (χ0) is 15.9. The molecule has 0 bridgehead atoms. The van der Waals surface area contributed by atoms with Crippen LogP contribution in [0.3, 0.4) is 0 Å². The summed E-state index contributed by atoms with van der Waals surface area (Å²) in [6.07, 6.45) is 3.76. The third-order valence-corrected chi connectivity index (χ3v) is 4.14. The van der Waals surface area contributed by atoms with E-state index in [0.717, 1.165) is 16.3 Å². The van der Waals surface area contributed by atoms with Crippen LogP contribution < -0.4 is 0 Å². The van der Waals surface area contributed by atoms with Crippen LogP contribution in [0.25, 0.3) is 10.6 Å². The Morgan fingerprint density at radius 2 is 2.05 bits per heavy atom. The van der Waals surface area contributed by atoms with Crippen molar-refractivity contribution in [3.05, 3.63) is 66.2 Å². The lowest BCUT2D eigenvalue weighted by atomic mass is 10.1. The Morgan fingerprint density at radius 1 is 1.32 bits per heavy atom. The number of aryl methyl sites for hydroxylation is 1. The fourth-order valence-electron chi connectivity index (χ4n) is 2.16. The second-order valence-corrected chi connectivity index (χ2v) is 5.92. The number of thiazole rings is 1. The molecule has 1 amide bonds. The van der Waals surface area contributed by atoms with Crippen LogP contribution in [0.2, 0.25) is 0 Å². The molecule has 0 aliphatic carbocycles. The Labute approximate surface area is 135 Å². The van der Waals surface area contributed by atoms with E-state index in [0.29, 0.717) is 19.5 Å². The average molecular weight is 312 g/mol. The van der Waals surface area contributed by atoms with Crippen molar-refractivity contribution >= 4 is 17.2 Å². The summed E-state index contributed by atoms with van der Waals surface area (Å²) in [6.45, 7) is 10.5. The van der Waals surface area contributed by atoms with Gasteiger partial charge in [0.2, 0.25) is 5.91 Å². The smallest absolute Gasteiger partial charge is 0.229 e. The molecule has 2 aromatic rings. The van der Waals surface area contributed by atoms with E-state index >= 15 is 0 Å². The van der Waals surface area contributed by atoms with Gasteiger partial charge in [0.25, 0.3) is 0 Å². The van der Waals surface area contributed by atoms with Crippen molar-refractivity contribution in [1.82, 2.24) is 9.88 Å². The number of aromatic nitrogens is 1. The maximum absolute atomic E-state index is 12.3. The van der Waals surface area contributed by atoms with E-state index < -0.39 is 0 Å². The van der Waals surface area contributed by atoms with Crippen molar-refractivity contribution in [2.75, 3.05) is 13.1 Å². The second-order valence-electron chi connectivity index (χ2n) is 5.07. The highest BCUT2D eigenvalue weighted by Crippen LogP contribution is 2.24. The van der Waals surface area contributed by atoms with Gasteiger partial charge in [0.1, 0.15) is 5.01 Å². The maximum Gasteiger partial charge on any atom is 0.229 e. The number of nitrogens with zero attached hydrogens (tertiary/aromatic N) is 2. The maximum atomic E-state index is 12.3. The fraction of sp³-hybridized carbons (Fsp3) is 0.222. The van der Waals surface area contributed by atoms with Gasteiger partial charge in [-0.1, -0.05) is 35.9 Å². The molecule has 2 rings (SSSR count). The van der Waals surface area contributed by atoms with E-state index in [2.05, 4.69) is 37.2 Å². The molecule has 1 aromatic heterocycles. The number of amides is 1. The van der Waals surface area contributed by atoms with Crippen LogP contribution in [0.15, 0.2) is 55.0 Å². The minimum Gasteiger partial charge on any atom is -0.335 e. The SMILES string of the molecule is C=CCN(CC=C)C(=O)Cc1csc(-c2cccc(C)c2)n1. The molecule has 3 nitrogen and oxygen atoms in total. The Balaban J connectivity index is 2.09. The van der Waals surface area contributed by atoms with Gasteiger partial charge < -0.3 is 4.90 Å². The van der Waals surface area contributed by atoms with Gasteiger partial charge in [-0.25, -0.2) is 4.98 Å². The number of carbonyl (C=O) groups is 1. The first-order valence-electron chi connectivity index (χ1n) is 7.15. The van der Waals surface area contributed by atoms with Crippen molar-refractivity contribution in [3.63, 3.8) is 0 Å². The van der Waals surface area contributed by atoms with Crippen LogP contribution in [-0.2, 0) is 11.2 Å². The molecule has 114 valence electrons. The minimum absolute atomic E-state index is 0.0425. The summed E-state index contributed by atoms with van der Waals surface area (Å²) in [6, 6.07) is 8.22. The summed E-state index contributed by atoms with van der Waals surface area (Å²) in [5.41, 5.74) is 3.11. The standard InChI is InChI=1S/C18H20N2OS/c1-4-9-20(10-5-2)17(21)12-16-13-22-18(19-16)15-8-6-7-14(3)11-15/h4-8,11,13H,1-2,9-10,12H2,3H3. The van der Waals surface area contributed by atoms with Crippen molar-refractivity contribution in [2.24, 2.45) is 0 Å². The van der Waals surface area contributed by atoms with Gasteiger partial charge in [0.05, 0.1) is 12.1 Å². The highest BCUT2D eigenvalue weighted by Gasteiger charge is 2.14. The third kappa shape index (κ3) is 4.15.